The van der Waals surface area contributed by atoms with Gasteiger partial charge in [-0.3, -0.25) is 10.1 Å². The molecule has 0 fully saturated rings. The lowest BCUT2D eigenvalue weighted by Crippen LogP contribution is -2.28. The highest BCUT2D eigenvalue weighted by molar-refractivity contribution is 5.90. The van der Waals surface area contributed by atoms with E-state index in [0.717, 1.165) is 0 Å². The van der Waals surface area contributed by atoms with E-state index in [1.807, 2.05) is 0 Å². The van der Waals surface area contributed by atoms with Gasteiger partial charge in [0.25, 0.3) is 5.69 Å². The van der Waals surface area contributed by atoms with Crippen LogP contribution in [0.25, 0.3) is 10.9 Å². The highest BCUT2D eigenvalue weighted by Gasteiger charge is 2.13. The van der Waals surface area contributed by atoms with E-state index in [9.17, 15) is 10.1 Å². The molecule has 0 saturated carbocycles. The fourth-order valence-electron chi connectivity index (χ4n) is 1.62. The van der Waals surface area contributed by atoms with E-state index < -0.39 is 11.0 Å². The molecule has 3 N–H and O–H groups in total. The normalized spacial score (nSPS) is 10.9. The molecule has 8 nitrogen and oxygen atoms in total. The highest BCUT2D eigenvalue weighted by Crippen LogP contribution is 2.24. The maximum Gasteiger partial charge on any atom is 0.270 e. The molecule has 100 valence electrons. The van der Waals surface area contributed by atoms with Crippen molar-refractivity contribution < 1.29 is 15.1 Å². The first-order chi connectivity index (χ1) is 9.15. The number of hydrogen-bond donors (Lipinski definition) is 3. The minimum atomic E-state index is -0.586. The molecular formula is C11H12N4O4. The average molecular weight is 264 g/mol. The van der Waals surface area contributed by atoms with E-state index in [1.54, 1.807) is 0 Å². The number of rotatable bonds is 5. The second kappa shape index (κ2) is 5.55. The summed E-state index contributed by atoms with van der Waals surface area (Å²) in [6.07, 6.45) is 1.31. The minimum absolute atomic E-state index is 0.0742. The van der Waals surface area contributed by atoms with Crippen molar-refractivity contribution in [2.45, 2.75) is 6.04 Å². The molecule has 19 heavy (non-hydrogen) atoms. The van der Waals surface area contributed by atoms with Crippen molar-refractivity contribution in [1.82, 2.24) is 9.97 Å². The Hall–Kier alpha value is -2.32. The number of fused-ring (bicyclic) bond motifs is 1. The van der Waals surface area contributed by atoms with Crippen molar-refractivity contribution in [1.29, 1.82) is 0 Å². The Balaban J connectivity index is 2.47. The number of aromatic nitrogens is 2. The van der Waals surface area contributed by atoms with Gasteiger partial charge >= 0.3 is 0 Å². The molecule has 1 heterocycles. The van der Waals surface area contributed by atoms with Crippen LogP contribution < -0.4 is 5.32 Å². The maximum atomic E-state index is 10.8. The van der Waals surface area contributed by atoms with E-state index >= 15 is 0 Å². The largest absolute Gasteiger partial charge is 0.394 e. The number of nitrogens with one attached hydrogen (secondary N) is 1. The second-order valence-electron chi connectivity index (χ2n) is 3.89. The summed E-state index contributed by atoms with van der Waals surface area (Å²) >= 11 is 0. The van der Waals surface area contributed by atoms with E-state index in [2.05, 4.69) is 15.3 Å². The molecule has 0 radical (unpaired) electrons. The average Bonchev–Trinajstić information content (AvgIpc) is 2.44. The van der Waals surface area contributed by atoms with Gasteiger partial charge in [-0.05, 0) is 6.07 Å². The zero-order valence-corrected chi connectivity index (χ0v) is 9.85. The van der Waals surface area contributed by atoms with Gasteiger partial charge in [-0.25, -0.2) is 9.97 Å². The number of hydrogen-bond acceptors (Lipinski definition) is 7. The summed E-state index contributed by atoms with van der Waals surface area (Å²) in [5, 5.41) is 32.1. The SMILES string of the molecule is O=[N+]([O-])c1ccc2ncnc(NC(CO)CO)c2c1. The Labute approximate surface area is 107 Å². The van der Waals surface area contributed by atoms with Crippen molar-refractivity contribution in [3.05, 3.63) is 34.6 Å². The molecule has 1 aromatic heterocycles. The first-order valence-corrected chi connectivity index (χ1v) is 5.53. The number of nitro groups is 1. The van der Waals surface area contributed by atoms with E-state index in [0.29, 0.717) is 16.7 Å². The van der Waals surface area contributed by atoms with E-state index in [1.165, 1.54) is 24.5 Å². The zero-order chi connectivity index (χ0) is 13.8. The molecule has 0 aliphatic heterocycles. The summed E-state index contributed by atoms with van der Waals surface area (Å²) in [5.41, 5.74) is 0.465. The summed E-state index contributed by atoms with van der Waals surface area (Å²) in [6.45, 7) is -0.562. The number of aliphatic hydroxyl groups excluding tert-OH is 2. The van der Waals surface area contributed by atoms with Crippen LogP contribution in [0.5, 0.6) is 0 Å². The summed E-state index contributed by atoms with van der Waals surface area (Å²) in [5.74, 6) is 0.335. The van der Waals surface area contributed by atoms with Crippen LogP contribution in [0.15, 0.2) is 24.5 Å². The van der Waals surface area contributed by atoms with Crippen LogP contribution in [0.3, 0.4) is 0 Å². The van der Waals surface area contributed by atoms with Crippen molar-refractivity contribution in [3.8, 4) is 0 Å². The van der Waals surface area contributed by atoms with Gasteiger partial charge in [0.2, 0.25) is 0 Å². The fourth-order valence-corrected chi connectivity index (χ4v) is 1.62. The van der Waals surface area contributed by atoms with Crippen LogP contribution in [0, 0.1) is 10.1 Å². The Kier molecular flexibility index (Phi) is 3.83. The molecule has 0 unspecified atom stereocenters. The first-order valence-electron chi connectivity index (χ1n) is 5.53. The molecule has 0 aliphatic rings. The van der Waals surface area contributed by atoms with Crippen LogP contribution in [-0.2, 0) is 0 Å². The van der Waals surface area contributed by atoms with Crippen LogP contribution in [-0.4, -0.2) is 44.4 Å². The smallest absolute Gasteiger partial charge is 0.270 e. The van der Waals surface area contributed by atoms with Crippen LogP contribution in [0.2, 0.25) is 0 Å². The third-order valence-electron chi connectivity index (χ3n) is 2.61. The van der Waals surface area contributed by atoms with Gasteiger partial charge in [0.05, 0.1) is 29.7 Å². The molecule has 0 atom stereocenters. The monoisotopic (exact) mass is 264 g/mol. The lowest BCUT2D eigenvalue weighted by atomic mass is 10.2. The van der Waals surface area contributed by atoms with Gasteiger partial charge in [0.15, 0.2) is 0 Å². The molecule has 8 heteroatoms. The maximum absolute atomic E-state index is 10.8. The van der Waals surface area contributed by atoms with Crippen LogP contribution >= 0.6 is 0 Å². The number of nitro benzene ring substituents is 1. The summed E-state index contributed by atoms with van der Waals surface area (Å²) in [6, 6.07) is 3.64. The van der Waals surface area contributed by atoms with Crippen molar-refractivity contribution in [3.63, 3.8) is 0 Å². The van der Waals surface area contributed by atoms with Crippen molar-refractivity contribution in [2.24, 2.45) is 0 Å². The van der Waals surface area contributed by atoms with Gasteiger partial charge in [-0.1, -0.05) is 0 Å². The van der Waals surface area contributed by atoms with Crippen LogP contribution in [0.4, 0.5) is 11.5 Å². The summed E-state index contributed by atoms with van der Waals surface area (Å²) in [7, 11) is 0. The number of non-ortho nitro benzene ring substituents is 1. The predicted octanol–water partition coefficient (Wildman–Crippen LogP) is 0.303. The van der Waals surface area contributed by atoms with Gasteiger partial charge < -0.3 is 15.5 Å². The second-order valence-corrected chi connectivity index (χ2v) is 3.89. The molecule has 2 aromatic rings. The number of anilines is 1. The topological polar surface area (TPSA) is 121 Å². The molecule has 1 aromatic carbocycles. The standard InChI is InChI=1S/C11H12N4O4/c16-4-7(5-17)14-11-9-3-8(15(18)19)1-2-10(9)12-6-13-11/h1-3,6-7,16-17H,4-5H2,(H,12,13,14). The quantitative estimate of drug-likeness (QED) is 0.524. The highest BCUT2D eigenvalue weighted by atomic mass is 16.6. The van der Waals surface area contributed by atoms with Gasteiger partial charge in [-0.15, -0.1) is 0 Å². The Morgan fingerprint density at radius 3 is 2.68 bits per heavy atom. The molecule has 0 spiro atoms. The molecule has 0 aliphatic carbocycles. The minimum Gasteiger partial charge on any atom is -0.394 e. The van der Waals surface area contributed by atoms with Crippen molar-refractivity contribution >= 4 is 22.4 Å². The Bertz CT molecular complexity index is 600. The van der Waals surface area contributed by atoms with E-state index in [4.69, 9.17) is 10.2 Å². The number of nitrogens with zero attached hydrogens (tertiary/aromatic N) is 3. The molecule has 0 amide bonds. The summed E-state index contributed by atoms with van der Waals surface area (Å²) < 4.78 is 0. The predicted molar refractivity (Wildman–Crippen MR) is 67.8 cm³/mol. The molecule has 2 rings (SSSR count). The lowest BCUT2D eigenvalue weighted by Gasteiger charge is -2.14. The zero-order valence-electron chi connectivity index (χ0n) is 9.85. The first kappa shape index (κ1) is 13.1. The molecular weight excluding hydrogens is 252 g/mol. The van der Waals surface area contributed by atoms with E-state index in [-0.39, 0.29) is 18.9 Å². The van der Waals surface area contributed by atoms with Crippen molar-refractivity contribution in [2.75, 3.05) is 18.5 Å². The molecule has 0 bridgehead atoms. The Morgan fingerprint density at radius 1 is 1.32 bits per heavy atom. The Morgan fingerprint density at radius 2 is 2.05 bits per heavy atom. The fraction of sp³-hybridized carbons (Fsp3) is 0.273. The number of aliphatic hydroxyl groups is 2. The third kappa shape index (κ3) is 2.75. The third-order valence-corrected chi connectivity index (χ3v) is 2.61. The number of benzene rings is 1. The molecule has 0 saturated heterocycles. The van der Waals surface area contributed by atoms with Gasteiger partial charge in [0, 0.05) is 17.5 Å². The summed E-state index contributed by atoms with van der Waals surface area (Å²) in [4.78, 5) is 18.2. The van der Waals surface area contributed by atoms with Crippen LogP contribution in [0.1, 0.15) is 0 Å². The van der Waals surface area contributed by atoms with Gasteiger partial charge in [-0.2, -0.15) is 0 Å². The van der Waals surface area contributed by atoms with Gasteiger partial charge in [0.1, 0.15) is 12.1 Å². The lowest BCUT2D eigenvalue weighted by molar-refractivity contribution is -0.384.